The van der Waals surface area contributed by atoms with Crippen LogP contribution in [-0.4, -0.2) is 0 Å². The van der Waals surface area contributed by atoms with Crippen LogP contribution in [0.2, 0.25) is 0 Å². The third-order valence-corrected chi connectivity index (χ3v) is 9.62. The van der Waals surface area contributed by atoms with Gasteiger partial charge in [0.05, 0.1) is 10.9 Å². The molecule has 1 atom stereocenters. The molecular weight excluding hydrogens is 741 g/mol. The SMILES string of the molecule is CCC(CC)c1ccc(C2=CCC(c3cc(F)c4c(F)c(C#Cc5cc(F)c(C(F)(F)Oc6cc(F)c(F)c(F)c6)cc5C)c(F)cc4c3)C(F)=C2)c(F)c1. The van der Waals surface area contributed by atoms with Crippen molar-refractivity contribution in [2.75, 3.05) is 0 Å². The third-order valence-electron chi connectivity index (χ3n) is 9.62. The maximum Gasteiger partial charge on any atom is 0.429 e. The van der Waals surface area contributed by atoms with Gasteiger partial charge in [-0.2, -0.15) is 8.78 Å². The van der Waals surface area contributed by atoms with Crippen LogP contribution < -0.4 is 4.74 Å². The number of hydrogen-bond donors (Lipinski definition) is 0. The second-order valence-corrected chi connectivity index (χ2v) is 13.1. The Labute approximate surface area is 308 Å². The molecule has 0 amide bonds. The zero-order chi connectivity index (χ0) is 39.9. The number of hydrogen-bond acceptors (Lipinski definition) is 1. The number of fused-ring (bicyclic) bond motifs is 1. The number of rotatable bonds is 8. The van der Waals surface area contributed by atoms with Gasteiger partial charge < -0.3 is 4.74 Å². The van der Waals surface area contributed by atoms with E-state index in [4.69, 9.17) is 0 Å². The molecule has 0 saturated heterocycles. The molecule has 0 bridgehead atoms. The van der Waals surface area contributed by atoms with Gasteiger partial charge >= 0.3 is 6.11 Å². The second-order valence-electron chi connectivity index (χ2n) is 13.1. The van der Waals surface area contributed by atoms with Crippen LogP contribution in [0.15, 0.2) is 78.6 Å². The molecule has 0 radical (unpaired) electrons. The van der Waals surface area contributed by atoms with Crippen LogP contribution in [0.5, 0.6) is 5.75 Å². The Morgan fingerprint density at radius 1 is 0.727 bits per heavy atom. The van der Waals surface area contributed by atoms with Gasteiger partial charge in [0.2, 0.25) is 0 Å². The van der Waals surface area contributed by atoms with Gasteiger partial charge in [0.1, 0.15) is 40.4 Å². The standard InChI is InChI=1S/C43H29F11O/c1-4-22(5-2)24-7-9-29(33(44)15-24)25-8-10-30(34(45)16-25)26-13-27-18-35(46)31(41(51)40(27)37(48)17-26)11-6-23-14-36(47)32(12-21(23)3)43(53,54)55-28-19-38(49)42(52)39(50)20-28/h7-9,12-20,22,30H,4-5,10H2,1-3H3. The van der Waals surface area contributed by atoms with E-state index >= 15 is 22.0 Å². The van der Waals surface area contributed by atoms with Crippen molar-refractivity contribution in [1.29, 1.82) is 0 Å². The summed E-state index contributed by atoms with van der Waals surface area (Å²) >= 11 is 0. The summed E-state index contributed by atoms with van der Waals surface area (Å²) in [5.41, 5.74) is -1.36. The minimum Gasteiger partial charge on any atom is -0.429 e. The van der Waals surface area contributed by atoms with Gasteiger partial charge in [-0.15, -0.1) is 0 Å². The molecule has 0 saturated carbocycles. The minimum atomic E-state index is -4.52. The smallest absolute Gasteiger partial charge is 0.429 e. The lowest BCUT2D eigenvalue weighted by molar-refractivity contribution is -0.187. The van der Waals surface area contributed by atoms with Crippen molar-refractivity contribution < 1.29 is 53.0 Å². The number of halogens is 11. The van der Waals surface area contributed by atoms with E-state index in [0.717, 1.165) is 36.6 Å². The highest BCUT2D eigenvalue weighted by atomic mass is 19.3. The summed E-state index contributed by atoms with van der Waals surface area (Å²) in [5, 5.41) is -0.926. The zero-order valence-corrected chi connectivity index (χ0v) is 29.3. The quantitative estimate of drug-likeness (QED) is 0.0867. The summed E-state index contributed by atoms with van der Waals surface area (Å²) in [6, 6.07) is 9.12. The summed E-state index contributed by atoms with van der Waals surface area (Å²) in [4.78, 5) is 0. The van der Waals surface area contributed by atoms with Crippen molar-refractivity contribution in [3.05, 3.63) is 164 Å². The average molecular weight is 771 g/mol. The molecule has 1 aliphatic carbocycles. The van der Waals surface area contributed by atoms with Crippen LogP contribution in [0.1, 0.15) is 83.9 Å². The highest BCUT2D eigenvalue weighted by molar-refractivity contribution is 5.87. The van der Waals surface area contributed by atoms with Gasteiger partial charge in [-0.1, -0.05) is 50.0 Å². The lowest BCUT2D eigenvalue weighted by atomic mass is 9.85. The predicted octanol–water partition coefficient (Wildman–Crippen LogP) is 13.1. The van der Waals surface area contributed by atoms with Crippen LogP contribution in [0.25, 0.3) is 16.3 Å². The number of alkyl halides is 2. The van der Waals surface area contributed by atoms with Gasteiger partial charge in [-0.3, -0.25) is 0 Å². The molecule has 55 heavy (non-hydrogen) atoms. The van der Waals surface area contributed by atoms with E-state index in [9.17, 15) is 26.3 Å². The molecule has 6 rings (SSSR count). The normalized spacial score (nSPS) is 14.5. The Morgan fingerprint density at radius 2 is 1.42 bits per heavy atom. The number of ether oxygens (including phenoxy) is 1. The van der Waals surface area contributed by atoms with Crippen LogP contribution >= 0.6 is 0 Å². The number of aryl methyl sites for hydroxylation is 1. The monoisotopic (exact) mass is 770 g/mol. The summed E-state index contributed by atoms with van der Waals surface area (Å²) in [7, 11) is 0. The lowest BCUT2D eigenvalue weighted by Gasteiger charge is -2.21. The lowest BCUT2D eigenvalue weighted by Crippen LogP contribution is -2.24. The van der Waals surface area contributed by atoms with Crippen LogP contribution in [0.4, 0.5) is 48.3 Å². The molecule has 5 aromatic rings. The molecule has 0 N–H and O–H groups in total. The number of allylic oxidation sites excluding steroid dienone is 4. The number of benzene rings is 5. The van der Waals surface area contributed by atoms with E-state index in [0.29, 0.717) is 17.7 Å². The Balaban J connectivity index is 1.26. The van der Waals surface area contributed by atoms with E-state index in [1.165, 1.54) is 19.1 Å². The van der Waals surface area contributed by atoms with E-state index in [1.807, 2.05) is 13.8 Å². The van der Waals surface area contributed by atoms with E-state index in [-0.39, 0.29) is 52.1 Å². The molecule has 12 heteroatoms. The predicted molar refractivity (Wildman–Crippen MR) is 186 cm³/mol. The molecule has 1 aliphatic rings. The van der Waals surface area contributed by atoms with Crippen molar-refractivity contribution in [2.45, 2.75) is 58.0 Å². The van der Waals surface area contributed by atoms with E-state index in [2.05, 4.69) is 16.6 Å². The van der Waals surface area contributed by atoms with Gasteiger partial charge in [-0.25, -0.2) is 39.5 Å². The van der Waals surface area contributed by atoms with Crippen molar-refractivity contribution in [3.63, 3.8) is 0 Å². The minimum absolute atomic E-state index is 0.000963. The molecular formula is C43H29F11O. The first-order chi connectivity index (χ1) is 26.0. The Morgan fingerprint density at radius 3 is 2.05 bits per heavy atom. The third kappa shape index (κ3) is 7.70. The van der Waals surface area contributed by atoms with E-state index in [1.54, 1.807) is 18.2 Å². The van der Waals surface area contributed by atoms with Crippen LogP contribution in [0.3, 0.4) is 0 Å². The molecule has 0 heterocycles. The van der Waals surface area contributed by atoms with Crippen molar-refractivity contribution in [3.8, 4) is 17.6 Å². The Hall–Kier alpha value is -5.57. The van der Waals surface area contributed by atoms with Crippen LogP contribution in [0, 0.1) is 65.3 Å². The molecule has 0 spiro atoms. The van der Waals surface area contributed by atoms with Crippen molar-refractivity contribution in [2.24, 2.45) is 0 Å². The van der Waals surface area contributed by atoms with Crippen molar-refractivity contribution in [1.82, 2.24) is 0 Å². The average Bonchev–Trinajstić information content (AvgIpc) is 3.11. The molecule has 1 nitrogen and oxygen atoms in total. The highest BCUT2D eigenvalue weighted by Gasteiger charge is 2.39. The fourth-order valence-corrected chi connectivity index (χ4v) is 6.64. The maximum atomic E-state index is 15.7. The molecule has 5 aromatic carbocycles. The van der Waals surface area contributed by atoms with Gasteiger partial charge in [0, 0.05) is 29.2 Å². The van der Waals surface area contributed by atoms with E-state index < -0.39 is 86.7 Å². The largest absolute Gasteiger partial charge is 0.429 e. The van der Waals surface area contributed by atoms with Gasteiger partial charge in [-0.05, 0) is 96.2 Å². The first kappa shape index (κ1) is 39.1. The first-order valence-electron chi connectivity index (χ1n) is 17.0. The topological polar surface area (TPSA) is 9.23 Å². The van der Waals surface area contributed by atoms with Gasteiger partial charge in [0.25, 0.3) is 0 Å². The Kier molecular flexibility index (Phi) is 10.9. The Bertz CT molecular complexity index is 2440. The molecule has 0 fully saturated rings. The molecule has 0 aromatic heterocycles. The first-order valence-corrected chi connectivity index (χ1v) is 17.0. The zero-order valence-electron chi connectivity index (χ0n) is 29.3. The summed E-state index contributed by atoms with van der Waals surface area (Å²) in [5.74, 6) is -9.81. The summed E-state index contributed by atoms with van der Waals surface area (Å²) in [6.07, 6.45) is -0.110. The van der Waals surface area contributed by atoms with Gasteiger partial charge in [0.15, 0.2) is 23.3 Å². The van der Waals surface area contributed by atoms with Crippen molar-refractivity contribution >= 4 is 16.3 Å². The van der Waals surface area contributed by atoms with Crippen LogP contribution in [-0.2, 0) is 6.11 Å². The summed E-state index contributed by atoms with van der Waals surface area (Å²) < 4.78 is 166. The molecule has 1 unspecified atom stereocenters. The fraction of sp³-hybridized carbons (Fsp3) is 0.209. The summed E-state index contributed by atoms with van der Waals surface area (Å²) in [6.45, 7) is 5.21. The highest BCUT2D eigenvalue weighted by Crippen LogP contribution is 2.41. The fourth-order valence-electron chi connectivity index (χ4n) is 6.64. The maximum absolute atomic E-state index is 15.7. The molecule has 284 valence electrons. The molecule has 0 aliphatic heterocycles. The second kappa shape index (κ2) is 15.3.